The van der Waals surface area contributed by atoms with Crippen molar-refractivity contribution in [1.29, 1.82) is 0 Å². The highest BCUT2D eigenvalue weighted by molar-refractivity contribution is 9.10. The van der Waals surface area contributed by atoms with Crippen molar-refractivity contribution in [2.45, 2.75) is 6.54 Å². The zero-order chi connectivity index (χ0) is 13.3. The monoisotopic (exact) mass is 376 g/mol. The van der Waals surface area contributed by atoms with Crippen LogP contribution in [0.15, 0.2) is 42.9 Å². The second-order valence-corrected chi connectivity index (χ2v) is 5.34. The van der Waals surface area contributed by atoms with Crippen molar-refractivity contribution in [1.82, 2.24) is 9.55 Å². The van der Waals surface area contributed by atoms with Gasteiger partial charge in [-0.25, -0.2) is 9.18 Å². The third-order valence-corrected chi connectivity index (χ3v) is 3.41. The number of nitrogens with zero attached hydrogens (tertiary/aromatic N) is 1. The third kappa shape index (κ3) is 2.62. The van der Waals surface area contributed by atoms with Gasteiger partial charge in [-0.3, -0.25) is 9.36 Å². The number of hydrogen-bond acceptors (Lipinski definition) is 2. The van der Waals surface area contributed by atoms with E-state index in [2.05, 4.69) is 36.8 Å². The third-order valence-electron chi connectivity index (χ3n) is 2.35. The molecule has 2 rings (SSSR count). The molecular formula is C11H7Br2FN2O2. The number of aromatic nitrogens is 2. The highest BCUT2D eigenvalue weighted by Crippen LogP contribution is 2.15. The molecule has 4 nitrogen and oxygen atoms in total. The summed E-state index contributed by atoms with van der Waals surface area (Å²) in [5, 5.41) is 0. The molecule has 7 heteroatoms. The molecule has 0 atom stereocenters. The number of rotatable bonds is 2. The minimum Gasteiger partial charge on any atom is -0.313 e. The SMILES string of the molecule is O=c1[nH]cc(Br)c(=O)n1Cc1cc(Br)ccc1F. The molecule has 0 aliphatic heterocycles. The number of hydrogen-bond donors (Lipinski definition) is 1. The fourth-order valence-electron chi connectivity index (χ4n) is 1.46. The summed E-state index contributed by atoms with van der Waals surface area (Å²) in [5.41, 5.74) is -0.823. The van der Waals surface area contributed by atoms with Crippen LogP contribution in [-0.2, 0) is 6.54 Å². The van der Waals surface area contributed by atoms with Crippen LogP contribution >= 0.6 is 31.9 Å². The largest absolute Gasteiger partial charge is 0.328 e. The van der Waals surface area contributed by atoms with E-state index in [0.717, 1.165) is 4.57 Å². The highest BCUT2D eigenvalue weighted by Gasteiger charge is 2.09. The Kier molecular flexibility index (Phi) is 3.82. The van der Waals surface area contributed by atoms with E-state index in [1.165, 1.54) is 18.3 Å². The van der Waals surface area contributed by atoms with Gasteiger partial charge in [0.1, 0.15) is 5.82 Å². The first kappa shape index (κ1) is 13.2. The van der Waals surface area contributed by atoms with Crippen molar-refractivity contribution >= 4 is 31.9 Å². The lowest BCUT2D eigenvalue weighted by Gasteiger charge is -2.06. The van der Waals surface area contributed by atoms with Gasteiger partial charge in [-0.2, -0.15) is 0 Å². The predicted octanol–water partition coefficient (Wildman–Crippen LogP) is 2.25. The summed E-state index contributed by atoms with van der Waals surface area (Å²) in [6.07, 6.45) is 1.26. The van der Waals surface area contributed by atoms with Crippen LogP contribution in [0.3, 0.4) is 0 Å². The van der Waals surface area contributed by atoms with E-state index in [0.29, 0.717) is 4.47 Å². The summed E-state index contributed by atoms with van der Waals surface area (Å²) in [7, 11) is 0. The molecular weight excluding hydrogens is 371 g/mol. The smallest absolute Gasteiger partial charge is 0.313 e. The molecule has 0 fully saturated rings. The summed E-state index contributed by atoms with van der Waals surface area (Å²) < 4.78 is 15.4. The van der Waals surface area contributed by atoms with Gasteiger partial charge < -0.3 is 4.98 Å². The van der Waals surface area contributed by atoms with Crippen molar-refractivity contribution in [3.63, 3.8) is 0 Å². The van der Waals surface area contributed by atoms with Gasteiger partial charge in [0.05, 0.1) is 11.0 Å². The fraction of sp³-hybridized carbons (Fsp3) is 0.0909. The first-order chi connectivity index (χ1) is 8.49. The maximum absolute atomic E-state index is 13.6. The quantitative estimate of drug-likeness (QED) is 0.872. The molecule has 0 aliphatic rings. The number of nitrogens with one attached hydrogen (secondary N) is 1. The molecule has 0 aliphatic carbocycles. The van der Waals surface area contributed by atoms with Crippen LogP contribution in [0, 0.1) is 5.82 Å². The second kappa shape index (κ2) is 5.19. The zero-order valence-electron chi connectivity index (χ0n) is 8.91. The molecule has 1 aromatic carbocycles. The molecule has 2 aromatic rings. The average Bonchev–Trinajstić information content (AvgIpc) is 2.34. The Morgan fingerprint density at radius 3 is 2.72 bits per heavy atom. The predicted molar refractivity (Wildman–Crippen MR) is 72.2 cm³/mol. The zero-order valence-corrected chi connectivity index (χ0v) is 12.1. The average molecular weight is 378 g/mol. The Morgan fingerprint density at radius 1 is 1.28 bits per heavy atom. The van der Waals surface area contributed by atoms with E-state index in [-0.39, 0.29) is 16.6 Å². The minimum absolute atomic E-state index is 0.126. The lowest BCUT2D eigenvalue weighted by Crippen LogP contribution is -2.35. The molecule has 18 heavy (non-hydrogen) atoms. The van der Waals surface area contributed by atoms with Crippen LogP contribution < -0.4 is 11.2 Å². The molecule has 0 radical (unpaired) electrons. The summed E-state index contributed by atoms with van der Waals surface area (Å²) in [5.74, 6) is -0.468. The van der Waals surface area contributed by atoms with E-state index >= 15 is 0 Å². The first-order valence-corrected chi connectivity index (χ1v) is 6.49. The molecule has 0 amide bonds. The Morgan fingerprint density at radius 2 is 2.00 bits per heavy atom. The van der Waals surface area contributed by atoms with Crippen LogP contribution in [0.2, 0.25) is 0 Å². The van der Waals surface area contributed by atoms with Crippen LogP contribution in [0.1, 0.15) is 5.56 Å². The summed E-state index contributed by atoms with van der Waals surface area (Å²) in [6, 6.07) is 4.35. The fourth-order valence-corrected chi connectivity index (χ4v) is 2.20. The maximum Gasteiger partial charge on any atom is 0.328 e. The van der Waals surface area contributed by atoms with Gasteiger partial charge in [0.2, 0.25) is 0 Å². The Balaban J connectivity index is 2.53. The molecule has 94 valence electrons. The van der Waals surface area contributed by atoms with E-state index in [1.807, 2.05) is 0 Å². The minimum atomic E-state index is -0.581. The van der Waals surface area contributed by atoms with Crippen molar-refractivity contribution in [3.05, 3.63) is 65.6 Å². The van der Waals surface area contributed by atoms with Gasteiger partial charge >= 0.3 is 5.69 Å². The van der Waals surface area contributed by atoms with E-state index in [1.54, 1.807) is 6.07 Å². The van der Waals surface area contributed by atoms with Gasteiger partial charge in [-0.05, 0) is 34.1 Å². The number of benzene rings is 1. The van der Waals surface area contributed by atoms with E-state index in [9.17, 15) is 14.0 Å². The Bertz CT molecular complexity index is 709. The van der Waals surface area contributed by atoms with Crippen LogP contribution in [0.4, 0.5) is 4.39 Å². The van der Waals surface area contributed by atoms with Gasteiger partial charge in [0.15, 0.2) is 0 Å². The Labute approximate surface area is 118 Å². The normalized spacial score (nSPS) is 10.6. The first-order valence-electron chi connectivity index (χ1n) is 4.91. The molecule has 0 bridgehead atoms. The van der Waals surface area contributed by atoms with Crippen molar-refractivity contribution < 1.29 is 4.39 Å². The maximum atomic E-state index is 13.6. The van der Waals surface area contributed by atoms with Crippen molar-refractivity contribution in [2.24, 2.45) is 0 Å². The summed E-state index contributed by atoms with van der Waals surface area (Å²) >= 11 is 6.23. The molecule has 1 aromatic heterocycles. The molecule has 0 spiro atoms. The molecule has 1 heterocycles. The van der Waals surface area contributed by atoms with Crippen molar-refractivity contribution in [2.75, 3.05) is 0 Å². The summed E-state index contributed by atoms with van der Waals surface area (Å²) in [6.45, 7) is -0.126. The Hall–Kier alpha value is -1.21. The summed E-state index contributed by atoms with van der Waals surface area (Å²) in [4.78, 5) is 25.7. The van der Waals surface area contributed by atoms with E-state index < -0.39 is 17.1 Å². The molecule has 0 saturated carbocycles. The topological polar surface area (TPSA) is 54.9 Å². The van der Waals surface area contributed by atoms with Crippen molar-refractivity contribution in [3.8, 4) is 0 Å². The van der Waals surface area contributed by atoms with Gasteiger partial charge in [0, 0.05) is 16.2 Å². The van der Waals surface area contributed by atoms with Crippen LogP contribution in [0.25, 0.3) is 0 Å². The lowest BCUT2D eigenvalue weighted by atomic mass is 10.2. The van der Waals surface area contributed by atoms with Crippen LogP contribution in [0.5, 0.6) is 0 Å². The molecule has 0 saturated heterocycles. The molecule has 0 unspecified atom stereocenters. The molecule has 1 N–H and O–H groups in total. The van der Waals surface area contributed by atoms with Gasteiger partial charge in [0.25, 0.3) is 5.56 Å². The number of halogens is 3. The standard InChI is InChI=1S/C11H7Br2FN2O2/c12-7-1-2-9(14)6(3-7)5-16-10(17)8(13)4-15-11(16)18/h1-4H,5H2,(H,15,18). The number of H-pyrrole nitrogens is 1. The lowest BCUT2D eigenvalue weighted by molar-refractivity contribution is 0.587. The van der Waals surface area contributed by atoms with Gasteiger partial charge in [-0.1, -0.05) is 15.9 Å². The van der Waals surface area contributed by atoms with Crippen LogP contribution in [-0.4, -0.2) is 9.55 Å². The van der Waals surface area contributed by atoms with Gasteiger partial charge in [-0.15, -0.1) is 0 Å². The number of aromatic amines is 1. The van der Waals surface area contributed by atoms with E-state index in [4.69, 9.17) is 0 Å². The second-order valence-electron chi connectivity index (χ2n) is 3.57. The highest BCUT2D eigenvalue weighted by atomic mass is 79.9.